The van der Waals surface area contributed by atoms with Crippen molar-refractivity contribution >= 4 is 53.4 Å². The van der Waals surface area contributed by atoms with Crippen molar-refractivity contribution in [3.63, 3.8) is 0 Å². The quantitative estimate of drug-likeness (QED) is 0.497. The summed E-state index contributed by atoms with van der Waals surface area (Å²) in [5.74, 6) is 0. The van der Waals surface area contributed by atoms with Crippen LogP contribution in [0.2, 0.25) is 0 Å². The van der Waals surface area contributed by atoms with Crippen LogP contribution in [0.5, 0.6) is 0 Å². The molecule has 4 rings (SSSR count). The second kappa shape index (κ2) is 4.59. The molecule has 3 nitrogen and oxygen atoms in total. The van der Waals surface area contributed by atoms with E-state index in [9.17, 15) is 0 Å². The molecule has 0 aliphatic carbocycles. The van der Waals surface area contributed by atoms with Crippen LogP contribution >= 0.6 is 22.7 Å². The molecule has 0 saturated carbocycles. The van der Waals surface area contributed by atoms with E-state index in [1.807, 2.05) is 12.1 Å². The third-order valence-electron chi connectivity index (χ3n) is 3.52. The largest absolute Gasteiger partial charge is 0.293 e. The smallest absolute Gasteiger partial charge is 0.213 e. The Bertz CT molecular complexity index is 795. The Kier molecular flexibility index (Phi) is 2.82. The maximum absolute atomic E-state index is 4.79. The van der Waals surface area contributed by atoms with Crippen LogP contribution < -0.4 is 4.48 Å². The van der Waals surface area contributed by atoms with Crippen molar-refractivity contribution < 1.29 is 0 Å². The van der Waals surface area contributed by atoms with Gasteiger partial charge in [0.25, 0.3) is 10.3 Å². The highest BCUT2D eigenvalue weighted by molar-refractivity contribution is 7.23. The molecule has 4 aromatic rings. The van der Waals surface area contributed by atoms with E-state index in [2.05, 4.69) is 50.5 Å². The van der Waals surface area contributed by atoms with Crippen molar-refractivity contribution in [2.45, 2.75) is 0 Å². The van der Waals surface area contributed by atoms with Crippen LogP contribution in [0.1, 0.15) is 0 Å². The van der Waals surface area contributed by atoms with E-state index in [-0.39, 0.29) is 0 Å². The standard InChI is InChI=1S/C16H14N3S2/c1-19(2,15-17-11-7-3-5-9-13(11)20-15)16-18-12-8-4-6-10-14(12)21-16/h3-10H,1-2H3/q+1. The van der Waals surface area contributed by atoms with Crippen LogP contribution in [0.25, 0.3) is 20.4 Å². The van der Waals surface area contributed by atoms with Gasteiger partial charge in [-0.1, -0.05) is 46.9 Å². The minimum Gasteiger partial charge on any atom is -0.213 e. The van der Waals surface area contributed by atoms with Gasteiger partial charge in [0.05, 0.1) is 34.5 Å². The lowest BCUT2D eigenvalue weighted by Crippen LogP contribution is -2.33. The maximum atomic E-state index is 4.79. The Balaban J connectivity index is 1.87. The number of benzene rings is 2. The molecule has 0 bridgehead atoms. The Labute approximate surface area is 130 Å². The molecule has 0 radical (unpaired) electrons. The molecular weight excluding hydrogens is 298 g/mol. The van der Waals surface area contributed by atoms with E-state index in [0.29, 0.717) is 4.48 Å². The topological polar surface area (TPSA) is 25.8 Å². The van der Waals surface area contributed by atoms with Crippen LogP contribution in [0.4, 0.5) is 10.3 Å². The molecule has 2 aromatic carbocycles. The zero-order chi connectivity index (χ0) is 14.4. The van der Waals surface area contributed by atoms with Crippen molar-refractivity contribution in [1.82, 2.24) is 14.5 Å². The summed E-state index contributed by atoms with van der Waals surface area (Å²) in [6, 6.07) is 16.5. The Morgan fingerprint density at radius 1 is 0.714 bits per heavy atom. The summed E-state index contributed by atoms with van der Waals surface area (Å²) in [5.41, 5.74) is 2.12. The lowest BCUT2D eigenvalue weighted by molar-refractivity contribution is 0.550. The molecule has 2 heterocycles. The van der Waals surface area contributed by atoms with Gasteiger partial charge < -0.3 is 0 Å². The molecule has 0 saturated heterocycles. The maximum Gasteiger partial charge on any atom is 0.293 e. The SMILES string of the molecule is C[N+](C)(c1nc2ccccc2s1)c1nc2ccccc2s1. The third kappa shape index (κ3) is 2.05. The number of para-hydroxylation sites is 2. The number of hydrogen-bond acceptors (Lipinski definition) is 4. The highest BCUT2D eigenvalue weighted by Gasteiger charge is 2.30. The Morgan fingerprint density at radius 3 is 1.57 bits per heavy atom. The van der Waals surface area contributed by atoms with Crippen molar-refractivity contribution in [3.05, 3.63) is 48.5 Å². The average molecular weight is 312 g/mol. The molecule has 0 fully saturated rings. The minimum absolute atomic E-state index is 0.582. The second-order valence-electron chi connectivity index (χ2n) is 5.38. The predicted molar refractivity (Wildman–Crippen MR) is 92.5 cm³/mol. The van der Waals surface area contributed by atoms with Gasteiger partial charge in [0.15, 0.2) is 0 Å². The van der Waals surface area contributed by atoms with E-state index in [4.69, 9.17) is 9.97 Å². The zero-order valence-corrected chi connectivity index (χ0v) is 13.4. The monoisotopic (exact) mass is 312 g/mol. The summed E-state index contributed by atoms with van der Waals surface area (Å²) in [6.45, 7) is 0. The lowest BCUT2D eigenvalue weighted by Gasteiger charge is -2.21. The summed E-state index contributed by atoms with van der Waals surface area (Å²) < 4.78 is 3.03. The van der Waals surface area contributed by atoms with Crippen molar-refractivity contribution in [1.29, 1.82) is 0 Å². The first-order valence-electron chi connectivity index (χ1n) is 6.71. The minimum atomic E-state index is 0.582. The number of fused-ring (bicyclic) bond motifs is 2. The molecular formula is C16H14N3S2+. The van der Waals surface area contributed by atoms with Gasteiger partial charge in [-0.3, -0.25) is 0 Å². The second-order valence-corrected chi connectivity index (χ2v) is 7.40. The third-order valence-corrected chi connectivity index (χ3v) is 6.11. The first-order chi connectivity index (χ1) is 10.1. The fourth-order valence-corrected chi connectivity index (χ4v) is 4.38. The number of aromatic nitrogens is 2. The number of hydrogen-bond donors (Lipinski definition) is 0. The fourth-order valence-electron chi connectivity index (χ4n) is 2.28. The van der Waals surface area contributed by atoms with Crippen LogP contribution in [-0.2, 0) is 0 Å². The van der Waals surface area contributed by atoms with Gasteiger partial charge in [0, 0.05) is 0 Å². The van der Waals surface area contributed by atoms with Crippen LogP contribution in [0, 0.1) is 0 Å². The van der Waals surface area contributed by atoms with E-state index in [1.54, 1.807) is 22.7 Å². The molecule has 0 aliphatic heterocycles. The van der Waals surface area contributed by atoms with Gasteiger partial charge in [0.2, 0.25) is 0 Å². The number of nitrogens with zero attached hydrogens (tertiary/aromatic N) is 3. The molecule has 0 N–H and O–H groups in total. The highest BCUT2D eigenvalue weighted by Crippen LogP contribution is 2.40. The van der Waals surface area contributed by atoms with Gasteiger partial charge in [-0.15, -0.1) is 0 Å². The molecule has 0 aliphatic rings. The summed E-state index contributed by atoms with van der Waals surface area (Å²) in [4.78, 5) is 9.58. The summed E-state index contributed by atoms with van der Waals surface area (Å²) >= 11 is 3.47. The summed E-state index contributed by atoms with van der Waals surface area (Å²) in [6.07, 6.45) is 0. The van der Waals surface area contributed by atoms with Crippen LogP contribution in [-0.4, -0.2) is 24.1 Å². The van der Waals surface area contributed by atoms with Crippen LogP contribution in [0.3, 0.4) is 0 Å². The zero-order valence-electron chi connectivity index (χ0n) is 11.8. The van der Waals surface area contributed by atoms with E-state index < -0.39 is 0 Å². The van der Waals surface area contributed by atoms with E-state index >= 15 is 0 Å². The molecule has 0 amide bonds. The van der Waals surface area contributed by atoms with E-state index in [0.717, 1.165) is 21.3 Å². The van der Waals surface area contributed by atoms with Crippen molar-refractivity contribution in [3.8, 4) is 0 Å². The predicted octanol–water partition coefficient (Wildman–Crippen LogP) is 4.80. The normalized spacial score (nSPS) is 12.3. The summed E-state index contributed by atoms with van der Waals surface area (Å²) in [7, 11) is 4.30. The molecule has 0 spiro atoms. The number of rotatable bonds is 2. The highest BCUT2D eigenvalue weighted by atomic mass is 32.1. The lowest BCUT2D eigenvalue weighted by atomic mass is 10.3. The number of quaternary nitrogens is 1. The fraction of sp³-hybridized carbons (Fsp3) is 0.125. The Hall–Kier alpha value is -1.82. The van der Waals surface area contributed by atoms with Gasteiger partial charge in [-0.25, -0.2) is 4.48 Å². The van der Waals surface area contributed by atoms with Gasteiger partial charge in [0.1, 0.15) is 0 Å². The first-order valence-corrected chi connectivity index (χ1v) is 8.34. The van der Waals surface area contributed by atoms with E-state index in [1.165, 1.54) is 9.40 Å². The van der Waals surface area contributed by atoms with Gasteiger partial charge in [-0.2, -0.15) is 9.97 Å². The van der Waals surface area contributed by atoms with Gasteiger partial charge in [-0.05, 0) is 24.3 Å². The Morgan fingerprint density at radius 2 is 1.14 bits per heavy atom. The first kappa shape index (κ1) is 12.9. The van der Waals surface area contributed by atoms with Crippen LogP contribution in [0.15, 0.2) is 48.5 Å². The van der Waals surface area contributed by atoms with Gasteiger partial charge >= 0.3 is 0 Å². The number of thiazole rings is 2. The molecule has 0 atom stereocenters. The molecule has 2 aromatic heterocycles. The average Bonchev–Trinajstić information content (AvgIpc) is 3.11. The molecule has 21 heavy (non-hydrogen) atoms. The van der Waals surface area contributed by atoms with Crippen molar-refractivity contribution in [2.24, 2.45) is 0 Å². The van der Waals surface area contributed by atoms with Crippen molar-refractivity contribution in [2.75, 3.05) is 14.1 Å². The molecule has 5 heteroatoms. The summed E-state index contributed by atoms with van der Waals surface area (Å²) in [5, 5.41) is 2.13. The molecule has 0 unspecified atom stereocenters. The molecule has 104 valence electrons.